The molecule has 24 heavy (non-hydrogen) atoms. The number of aromatic carboxylic acids is 1. The van der Waals surface area contributed by atoms with Gasteiger partial charge in [-0.15, -0.1) is 11.3 Å². The Labute approximate surface area is 143 Å². The minimum Gasteiger partial charge on any atom is -0.545 e. The van der Waals surface area contributed by atoms with Crippen LogP contribution >= 0.6 is 11.3 Å². The van der Waals surface area contributed by atoms with E-state index in [-0.39, 0.29) is 26.9 Å². The number of nitrogens with one attached hydrogen (secondary N) is 2. The molecule has 0 fully saturated rings. The van der Waals surface area contributed by atoms with Crippen molar-refractivity contribution in [2.45, 2.75) is 18.7 Å². The third-order valence-corrected chi connectivity index (χ3v) is 5.59. The van der Waals surface area contributed by atoms with Crippen LogP contribution in [0.2, 0.25) is 0 Å². The Kier molecular flexibility index (Phi) is 5.25. The van der Waals surface area contributed by atoms with Gasteiger partial charge >= 0.3 is 0 Å². The summed E-state index contributed by atoms with van der Waals surface area (Å²) in [5, 5.41) is 14.9. The van der Waals surface area contributed by atoms with E-state index >= 15 is 0 Å². The second-order valence-corrected chi connectivity index (χ2v) is 7.52. The molecule has 128 valence electrons. The van der Waals surface area contributed by atoms with Gasteiger partial charge in [0.15, 0.2) is 0 Å². The van der Waals surface area contributed by atoms with E-state index in [2.05, 4.69) is 10.0 Å². The van der Waals surface area contributed by atoms with Gasteiger partial charge in [0.05, 0.1) is 21.4 Å². The average Bonchev–Trinajstić information content (AvgIpc) is 3.00. The van der Waals surface area contributed by atoms with Crippen LogP contribution in [0.5, 0.6) is 0 Å². The maximum absolute atomic E-state index is 12.4. The molecule has 0 aliphatic rings. The maximum Gasteiger partial charge on any atom is 0.262 e. The fourth-order valence-electron chi connectivity index (χ4n) is 1.89. The topological polar surface area (TPSA) is 115 Å². The highest BCUT2D eigenvalue weighted by Crippen LogP contribution is 2.24. The van der Waals surface area contributed by atoms with Crippen LogP contribution < -0.4 is 15.1 Å². The van der Waals surface area contributed by atoms with Crippen molar-refractivity contribution in [2.75, 3.05) is 11.3 Å². The van der Waals surface area contributed by atoms with Gasteiger partial charge in [0.2, 0.25) is 0 Å². The number of anilines is 1. The maximum atomic E-state index is 12.4. The molecule has 0 saturated heterocycles. The third-order valence-electron chi connectivity index (χ3n) is 3.16. The lowest BCUT2D eigenvalue weighted by Crippen LogP contribution is -2.23. The van der Waals surface area contributed by atoms with Crippen molar-refractivity contribution in [1.29, 1.82) is 0 Å². The molecule has 2 N–H and O–H groups in total. The van der Waals surface area contributed by atoms with Crippen LogP contribution in [0, 0.1) is 6.92 Å². The number of benzene rings is 1. The molecule has 0 atom stereocenters. The van der Waals surface area contributed by atoms with Crippen molar-refractivity contribution in [3.8, 4) is 0 Å². The molecule has 0 bridgehead atoms. The Hall–Kier alpha value is -2.39. The molecule has 0 radical (unpaired) electrons. The van der Waals surface area contributed by atoms with E-state index in [4.69, 9.17) is 0 Å². The van der Waals surface area contributed by atoms with Gasteiger partial charge in [0, 0.05) is 11.9 Å². The van der Waals surface area contributed by atoms with Crippen LogP contribution in [-0.2, 0) is 10.0 Å². The molecule has 1 heterocycles. The third kappa shape index (κ3) is 3.92. The Morgan fingerprint density at radius 3 is 2.58 bits per heavy atom. The predicted octanol–water partition coefficient (Wildman–Crippen LogP) is 0.971. The fourth-order valence-corrected chi connectivity index (χ4v) is 4.20. The van der Waals surface area contributed by atoms with Crippen molar-refractivity contribution >= 4 is 38.9 Å². The van der Waals surface area contributed by atoms with Crippen LogP contribution in [0.15, 0.2) is 34.5 Å². The van der Waals surface area contributed by atoms with E-state index in [1.807, 2.05) is 0 Å². The number of sulfonamides is 1. The lowest BCUT2D eigenvalue weighted by molar-refractivity contribution is -0.255. The standard InChI is InChI=1S/C15H16N2O5S2/c1-3-16-14(18)13-7-11(8-23-13)24(21,22)17-12-6-10(15(19)20)5-4-9(12)2/h4-8,17H,3H2,1-2H3,(H,16,18)(H,19,20)/p-1. The average molecular weight is 367 g/mol. The summed E-state index contributed by atoms with van der Waals surface area (Å²) < 4.78 is 27.2. The first-order valence-electron chi connectivity index (χ1n) is 6.96. The quantitative estimate of drug-likeness (QED) is 0.789. The summed E-state index contributed by atoms with van der Waals surface area (Å²) in [4.78, 5) is 22.9. The largest absolute Gasteiger partial charge is 0.545 e. The molecule has 2 aromatic rings. The summed E-state index contributed by atoms with van der Waals surface area (Å²) >= 11 is 1.01. The molecule has 0 saturated carbocycles. The van der Waals surface area contributed by atoms with Crippen molar-refractivity contribution < 1.29 is 23.1 Å². The van der Waals surface area contributed by atoms with Crippen LogP contribution in [0.4, 0.5) is 5.69 Å². The number of carboxylic acid groups (broad SMARTS) is 1. The van der Waals surface area contributed by atoms with Gasteiger partial charge in [0.25, 0.3) is 15.9 Å². The summed E-state index contributed by atoms with van der Waals surface area (Å²) in [6.07, 6.45) is 0. The molecule has 0 aliphatic carbocycles. The Bertz CT molecular complexity index is 887. The number of aryl methyl sites for hydroxylation is 1. The van der Waals surface area contributed by atoms with E-state index < -0.39 is 16.0 Å². The van der Waals surface area contributed by atoms with E-state index in [1.54, 1.807) is 13.8 Å². The van der Waals surface area contributed by atoms with E-state index in [0.29, 0.717) is 12.1 Å². The lowest BCUT2D eigenvalue weighted by Gasteiger charge is -2.12. The van der Waals surface area contributed by atoms with Crippen molar-refractivity contribution in [1.82, 2.24) is 5.32 Å². The van der Waals surface area contributed by atoms with Crippen LogP contribution in [-0.4, -0.2) is 26.8 Å². The van der Waals surface area contributed by atoms with Crippen molar-refractivity contribution in [3.63, 3.8) is 0 Å². The van der Waals surface area contributed by atoms with Crippen LogP contribution in [0.3, 0.4) is 0 Å². The molecule has 7 nitrogen and oxygen atoms in total. The summed E-state index contributed by atoms with van der Waals surface area (Å²) in [5.41, 5.74) is 0.567. The molecule has 9 heteroatoms. The van der Waals surface area contributed by atoms with E-state index in [0.717, 1.165) is 11.3 Å². The molecule has 0 aliphatic heterocycles. The number of hydrogen-bond donors (Lipinski definition) is 2. The highest BCUT2D eigenvalue weighted by atomic mass is 32.2. The Morgan fingerprint density at radius 2 is 1.96 bits per heavy atom. The highest BCUT2D eigenvalue weighted by molar-refractivity contribution is 7.92. The number of carboxylic acids is 1. The Morgan fingerprint density at radius 1 is 1.25 bits per heavy atom. The zero-order valence-corrected chi connectivity index (χ0v) is 14.6. The minimum absolute atomic E-state index is 0.0630. The normalized spacial score (nSPS) is 11.1. The van der Waals surface area contributed by atoms with E-state index in [9.17, 15) is 23.1 Å². The highest BCUT2D eigenvalue weighted by Gasteiger charge is 2.19. The molecule has 0 unspecified atom stereocenters. The van der Waals surface area contributed by atoms with Crippen LogP contribution in [0.1, 0.15) is 32.5 Å². The Balaban J connectivity index is 2.31. The van der Waals surface area contributed by atoms with Gasteiger partial charge in [-0.2, -0.15) is 0 Å². The molecule has 1 aromatic heterocycles. The summed E-state index contributed by atoms with van der Waals surface area (Å²) in [7, 11) is -3.94. The number of thiophene rings is 1. The van der Waals surface area contributed by atoms with Crippen molar-refractivity contribution in [2.24, 2.45) is 0 Å². The number of rotatable bonds is 6. The van der Waals surface area contributed by atoms with Gasteiger partial charge in [-0.3, -0.25) is 9.52 Å². The molecule has 1 aromatic carbocycles. The van der Waals surface area contributed by atoms with Gasteiger partial charge in [-0.1, -0.05) is 12.1 Å². The molecule has 0 spiro atoms. The number of hydrogen-bond acceptors (Lipinski definition) is 6. The van der Waals surface area contributed by atoms with Gasteiger partial charge in [-0.05, 0) is 37.1 Å². The fraction of sp³-hybridized carbons (Fsp3) is 0.200. The first-order valence-corrected chi connectivity index (χ1v) is 9.32. The summed E-state index contributed by atoms with van der Waals surface area (Å²) in [6, 6.07) is 5.28. The molecule has 1 amide bonds. The minimum atomic E-state index is -3.94. The lowest BCUT2D eigenvalue weighted by atomic mass is 10.1. The zero-order valence-electron chi connectivity index (χ0n) is 13.0. The molecule has 2 rings (SSSR count). The van der Waals surface area contributed by atoms with Crippen molar-refractivity contribution in [3.05, 3.63) is 45.6 Å². The van der Waals surface area contributed by atoms with Crippen LogP contribution in [0.25, 0.3) is 0 Å². The second kappa shape index (κ2) is 7.02. The summed E-state index contributed by atoms with van der Waals surface area (Å²) in [6.45, 7) is 3.84. The molecular formula is C15H15N2O5S2-. The monoisotopic (exact) mass is 367 g/mol. The van der Waals surface area contributed by atoms with Gasteiger partial charge in [0.1, 0.15) is 0 Å². The number of amides is 1. The first-order chi connectivity index (χ1) is 11.2. The first kappa shape index (κ1) is 18.0. The SMILES string of the molecule is CCNC(=O)c1cc(S(=O)(=O)Nc2cc(C(=O)[O-])ccc2C)cs1. The predicted molar refractivity (Wildman–Crippen MR) is 88.6 cm³/mol. The van der Waals surface area contributed by atoms with Gasteiger partial charge in [-0.25, -0.2) is 8.42 Å². The molecular weight excluding hydrogens is 352 g/mol. The zero-order chi connectivity index (χ0) is 17.9. The van der Waals surface area contributed by atoms with Gasteiger partial charge < -0.3 is 15.2 Å². The van der Waals surface area contributed by atoms with E-state index in [1.165, 1.54) is 29.6 Å². The summed E-state index contributed by atoms with van der Waals surface area (Å²) in [5.74, 6) is -1.75. The number of carbonyl (C=O) groups is 2. The smallest absolute Gasteiger partial charge is 0.262 e. The number of carbonyl (C=O) groups excluding carboxylic acids is 2. The second-order valence-electron chi connectivity index (χ2n) is 4.93.